The second-order valence-corrected chi connectivity index (χ2v) is 4.04. The molecule has 17 heavy (non-hydrogen) atoms. The van der Waals surface area contributed by atoms with Gasteiger partial charge in [-0.2, -0.15) is 0 Å². The highest BCUT2D eigenvalue weighted by Crippen LogP contribution is 2.10. The maximum atomic E-state index is 11.2. The molecule has 1 aliphatic heterocycles. The third-order valence-electron chi connectivity index (χ3n) is 2.88. The normalized spacial score (nSPS) is 16.1. The van der Waals surface area contributed by atoms with Crippen LogP contribution in [0.5, 0.6) is 0 Å². The summed E-state index contributed by atoms with van der Waals surface area (Å²) in [4.78, 5) is 23.4. The molecule has 6 heteroatoms. The van der Waals surface area contributed by atoms with Gasteiger partial charge in [-0.3, -0.25) is 4.79 Å². The monoisotopic (exact) mass is 236 g/mol. The molecule has 0 aromatic carbocycles. The Hall–Kier alpha value is -1.69. The minimum absolute atomic E-state index is 0.0433. The van der Waals surface area contributed by atoms with Crippen LogP contribution in [-0.2, 0) is 11.4 Å². The van der Waals surface area contributed by atoms with Gasteiger partial charge in [-0.25, -0.2) is 9.97 Å². The summed E-state index contributed by atoms with van der Waals surface area (Å²) < 4.78 is 0. The number of aliphatic hydroxyl groups is 1. The molecule has 1 aromatic rings. The number of aliphatic hydroxyl groups excluding tert-OH is 1. The van der Waals surface area contributed by atoms with Crippen LogP contribution in [0.25, 0.3) is 0 Å². The molecule has 0 radical (unpaired) electrons. The van der Waals surface area contributed by atoms with Crippen molar-refractivity contribution in [2.45, 2.75) is 13.5 Å². The lowest BCUT2D eigenvalue weighted by molar-refractivity contribution is -0.129. The van der Waals surface area contributed by atoms with Crippen LogP contribution < -0.4 is 4.90 Å². The largest absolute Gasteiger partial charge is 0.392 e. The fourth-order valence-corrected chi connectivity index (χ4v) is 1.81. The Morgan fingerprint density at radius 2 is 1.88 bits per heavy atom. The zero-order valence-electron chi connectivity index (χ0n) is 9.83. The first kappa shape index (κ1) is 11.8. The van der Waals surface area contributed by atoms with Gasteiger partial charge in [-0.15, -0.1) is 0 Å². The number of amides is 1. The predicted octanol–water partition coefficient (Wildman–Crippen LogP) is -0.363. The number of carbonyl (C=O) groups excluding carboxylic acids is 1. The van der Waals surface area contributed by atoms with E-state index < -0.39 is 0 Å². The average Bonchev–Trinajstić information content (AvgIpc) is 2.39. The van der Waals surface area contributed by atoms with Crippen LogP contribution in [0.2, 0.25) is 0 Å². The lowest BCUT2D eigenvalue weighted by Crippen LogP contribution is -2.48. The van der Waals surface area contributed by atoms with E-state index in [1.807, 2.05) is 9.80 Å². The van der Waals surface area contributed by atoms with Gasteiger partial charge in [0.15, 0.2) is 0 Å². The quantitative estimate of drug-likeness (QED) is 0.759. The van der Waals surface area contributed by atoms with Crippen molar-refractivity contribution in [2.75, 3.05) is 31.1 Å². The molecular weight excluding hydrogens is 220 g/mol. The molecule has 1 amide bonds. The van der Waals surface area contributed by atoms with Crippen molar-refractivity contribution < 1.29 is 9.90 Å². The molecule has 0 aliphatic carbocycles. The first-order valence-corrected chi connectivity index (χ1v) is 5.63. The highest BCUT2D eigenvalue weighted by Gasteiger charge is 2.19. The molecule has 2 heterocycles. The van der Waals surface area contributed by atoms with Crippen molar-refractivity contribution >= 4 is 11.9 Å². The molecule has 1 N–H and O–H groups in total. The summed E-state index contributed by atoms with van der Waals surface area (Å²) in [6.07, 6.45) is 3.25. The number of nitrogens with zero attached hydrogens (tertiary/aromatic N) is 4. The molecule has 0 bridgehead atoms. The molecule has 0 spiro atoms. The molecule has 2 rings (SSSR count). The Labute approximate surface area is 99.9 Å². The van der Waals surface area contributed by atoms with Gasteiger partial charge in [0.1, 0.15) is 0 Å². The van der Waals surface area contributed by atoms with Crippen LogP contribution in [0.3, 0.4) is 0 Å². The molecule has 92 valence electrons. The van der Waals surface area contributed by atoms with E-state index in [1.54, 1.807) is 19.3 Å². The van der Waals surface area contributed by atoms with Crippen molar-refractivity contribution in [3.8, 4) is 0 Å². The van der Waals surface area contributed by atoms with Crippen LogP contribution >= 0.6 is 0 Å². The number of carbonyl (C=O) groups is 1. The molecule has 1 fully saturated rings. The number of hydrogen-bond donors (Lipinski definition) is 1. The van der Waals surface area contributed by atoms with E-state index in [4.69, 9.17) is 5.11 Å². The topological polar surface area (TPSA) is 69.6 Å². The second kappa shape index (κ2) is 5.09. The smallest absolute Gasteiger partial charge is 0.225 e. The maximum Gasteiger partial charge on any atom is 0.225 e. The van der Waals surface area contributed by atoms with Crippen LogP contribution in [-0.4, -0.2) is 52.1 Å². The summed E-state index contributed by atoms with van der Waals surface area (Å²) in [7, 11) is 0. The third kappa shape index (κ3) is 2.71. The number of anilines is 1. The Balaban J connectivity index is 1.97. The molecular formula is C11H16N4O2. The Morgan fingerprint density at radius 1 is 1.29 bits per heavy atom. The summed E-state index contributed by atoms with van der Waals surface area (Å²) in [5.74, 6) is 0.770. The van der Waals surface area contributed by atoms with Crippen LogP contribution in [0.1, 0.15) is 12.5 Å². The standard InChI is InChI=1S/C11H16N4O2/c1-9(17)14-2-4-15(5-3-14)11-12-6-10(8-16)7-13-11/h6-7,16H,2-5,8H2,1H3. The van der Waals surface area contributed by atoms with Crippen molar-refractivity contribution in [1.82, 2.24) is 14.9 Å². The second-order valence-electron chi connectivity index (χ2n) is 4.04. The van der Waals surface area contributed by atoms with E-state index in [9.17, 15) is 4.79 Å². The van der Waals surface area contributed by atoms with Crippen molar-refractivity contribution in [3.63, 3.8) is 0 Å². The zero-order valence-corrected chi connectivity index (χ0v) is 9.83. The van der Waals surface area contributed by atoms with Gasteiger partial charge in [0.05, 0.1) is 6.61 Å². The first-order valence-electron chi connectivity index (χ1n) is 5.63. The van der Waals surface area contributed by atoms with Gasteiger partial charge in [-0.1, -0.05) is 0 Å². The van der Waals surface area contributed by atoms with E-state index in [2.05, 4.69) is 9.97 Å². The average molecular weight is 236 g/mol. The summed E-state index contributed by atoms with van der Waals surface area (Å²) in [6.45, 7) is 4.46. The number of rotatable bonds is 2. The highest BCUT2D eigenvalue weighted by molar-refractivity contribution is 5.73. The van der Waals surface area contributed by atoms with Crippen LogP contribution in [0.15, 0.2) is 12.4 Å². The first-order chi connectivity index (χ1) is 8.20. The minimum atomic E-state index is -0.0433. The Bertz CT molecular complexity index is 385. The van der Waals surface area contributed by atoms with Crippen LogP contribution in [0, 0.1) is 0 Å². The molecule has 1 aliphatic rings. The Kier molecular flexibility index (Phi) is 3.53. The summed E-state index contributed by atoms with van der Waals surface area (Å²) >= 11 is 0. The molecule has 1 saturated heterocycles. The summed E-state index contributed by atoms with van der Waals surface area (Å²) in [6, 6.07) is 0. The van der Waals surface area contributed by atoms with Crippen LogP contribution in [0.4, 0.5) is 5.95 Å². The maximum absolute atomic E-state index is 11.2. The van der Waals surface area contributed by atoms with Gasteiger partial charge in [-0.05, 0) is 0 Å². The predicted molar refractivity (Wildman–Crippen MR) is 62.4 cm³/mol. The Morgan fingerprint density at radius 3 is 2.35 bits per heavy atom. The van der Waals surface area contributed by atoms with E-state index >= 15 is 0 Å². The molecule has 0 saturated carbocycles. The summed E-state index contributed by atoms with van der Waals surface area (Å²) in [5, 5.41) is 8.90. The van der Waals surface area contributed by atoms with Gasteiger partial charge in [0.25, 0.3) is 0 Å². The van der Waals surface area contributed by atoms with E-state index in [0.717, 1.165) is 13.1 Å². The van der Waals surface area contributed by atoms with Crippen molar-refractivity contribution in [1.29, 1.82) is 0 Å². The third-order valence-corrected chi connectivity index (χ3v) is 2.88. The lowest BCUT2D eigenvalue weighted by atomic mass is 10.3. The van der Waals surface area contributed by atoms with Crippen molar-refractivity contribution in [2.24, 2.45) is 0 Å². The molecule has 0 unspecified atom stereocenters. The fourth-order valence-electron chi connectivity index (χ4n) is 1.81. The van der Waals surface area contributed by atoms with Crippen molar-refractivity contribution in [3.05, 3.63) is 18.0 Å². The van der Waals surface area contributed by atoms with Gasteiger partial charge < -0.3 is 14.9 Å². The highest BCUT2D eigenvalue weighted by atomic mass is 16.3. The number of hydrogen-bond acceptors (Lipinski definition) is 5. The SMILES string of the molecule is CC(=O)N1CCN(c2ncc(CO)cn2)CC1. The minimum Gasteiger partial charge on any atom is -0.392 e. The van der Waals surface area contributed by atoms with E-state index in [1.165, 1.54) is 0 Å². The van der Waals surface area contributed by atoms with Gasteiger partial charge in [0.2, 0.25) is 11.9 Å². The molecule has 1 aromatic heterocycles. The van der Waals surface area contributed by atoms with E-state index in [-0.39, 0.29) is 12.5 Å². The number of piperazine rings is 1. The molecule has 0 atom stereocenters. The summed E-state index contributed by atoms with van der Waals surface area (Å²) in [5.41, 5.74) is 0.705. The van der Waals surface area contributed by atoms with Gasteiger partial charge >= 0.3 is 0 Å². The number of aromatic nitrogens is 2. The lowest BCUT2D eigenvalue weighted by Gasteiger charge is -2.34. The zero-order chi connectivity index (χ0) is 12.3. The van der Waals surface area contributed by atoms with Gasteiger partial charge in [0, 0.05) is 51.1 Å². The van der Waals surface area contributed by atoms with E-state index in [0.29, 0.717) is 24.6 Å². The molecule has 6 nitrogen and oxygen atoms in total. The fraction of sp³-hybridized carbons (Fsp3) is 0.545.